The van der Waals surface area contributed by atoms with Crippen molar-refractivity contribution in [2.24, 2.45) is 0 Å². The second kappa shape index (κ2) is 12.6. The largest absolute Gasteiger partial charge is 0.453 e. The number of ether oxygens (including phenoxy) is 1. The third-order valence-electron chi connectivity index (χ3n) is 5.38. The van der Waals surface area contributed by atoms with Crippen LogP contribution in [-0.2, 0) is 22.3 Å². The molecule has 7 heteroatoms. The minimum Gasteiger partial charge on any atom is -0.445 e. The van der Waals surface area contributed by atoms with E-state index in [2.05, 4.69) is 5.32 Å². The molecule has 0 bridgehead atoms. The first-order valence-electron chi connectivity index (χ1n) is 11.7. The van der Waals surface area contributed by atoms with Crippen LogP contribution in [0.2, 0.25) is 0 Å². The van der Waals surface area contributed by atoms with Gasteiger partial charge in [-0.25, -0.2) is 9.36 Å². The normalized spacial score (nSPS) is 11.8. The van der Waals surface area contributed by atoms with Crippen LogP contribution in [0.1, 0.15) is 17.5 Å². The Morgan fingerprint density at radius 2 is 1.11 bits per heavy atom. The molecule has 0 spiro atoms. The van der Waals surface area contributed by atoms with Gasteiger partial charge in [0.15, 0.2) is 5.78 Å². The van der Waals surface area contributed by atoms with Crippen molar-refractivity contribution in [2.75, 3.05) is 0 Å². The summed E-state index contributed by atoms with van der Waals surface area (Å²) >= 11 is 0. The summed E-state index contributed by atoms with van der Waals surface area (Å²) in [4.78, 5) is 12.8. The molecule has 4 rings (SSSR count). The van der Waals surface area contributed by atoms with Crippen LogP contribution in [0.3, 0.4) is 0 Å². The number of aryl methyl sites for hydroxylation is 1. The number of hydrogen-bond acceptors (Lipinski definition) is 5. The quantitative estimate of drug-likeness (QED) is 0.220. The fourth-order valence-corrected chi connectivity index (χ4v) is 5.39. The standard InChI is InChI=1S/C29H28NO5P/c31-29(33-23-25-15-7-2-8-16-25)30-28(22-21-24-13-5-1-6-14-24)36(32,34-26-17-9-3-10-18-26)35-27-19-11-4-12-20-27/h1-20,28H,21-23H2,(H,30,31). The molecule has 36 heavy (non-hydrogen) atoms. The topological polar surface area (TPSA) is 73.9 Å². The van der Waals surface area contributed by atoms with E-state index in [0.29, 0.717) is 24.3 Å². The van der Waals surface area contributed by atoms with Crippen molar-refractivity contribution in [3.63, 3.8) is 0 Å². The van der Waals surface area contributed by atoms with Gasteiger partial charge in [-0.1, -0.05) is 97.1 Å². The molecule has 0 saturated heterocycles. The van der Waals surface area contributed by atoms with Crippen LogP contribution in [-0.4, -0.2) is 11.9 Å². The summed E-state index contributed by atoms with van der Waals surface area (Å²) < 4.78 is 31.8. The highest BCUT2D eigenvalue weighted by Crippen LogP contribution is 2.53. The molecule has 1 atom stereocenters. The minimum absolute atomic E-state index is 0.0848. The van der Waals surface area contributed by atoms with Crippen LogP contribution < -0.4 is 14.4 Å². The van der Waals surface area contributed by atoms with E-state index in [4.69, 9.17) is 13.8 Å². The van der Waals surface area contributed by atoms with Crippen molar-refractivity contribution in [1.29, 1.82) is 0 Å². The number of alkyl carbamates (subject to hydrolysis) is 1. The van der Waals surface area contributed by atoms with Crippen LogP contribution in [0.15, 0.2) is 121 Å². The number of amides is 1. The highest BCUT2D eigenvalue weighted by Gasteiger charge is 2.40. The van der Waals surface area contributed by atoms with E-state index in [1.807, 2.05) is 72.8 Å². The molecule has 0 aliphatic rings. The van der Waals surface area contributed by atoms with Gasteiger partial charge in [-0.15, -0.1) is 0 Å². The third-order valence-corrected chi connectivity index (χ3v) is 7.46. The highest BCUT2D eigenvalue weighted by atomic mass is 31.2. The molecule has 1 amide bonds. The van der Waals surface area contributed by atoms with Crippen LogP contribution in [0.25, 0.3) is 0 Å². The van der Waals surface area contributed by atoms with E-state index in [0.717, 1.165) is 11.1 Å². The number of nitrogens with one attached hydrogen (secondary N) is 1. The average molecular weight is 502 g/mol. The predicted octanol–water partition coefficient (Wildman–Crippen LogP) is 7.22. The Hall–Kier alpha value is -4.02. The molecule has 0 fully saturated rings. The Labute approximate surface area is 211 Å². The lowest BCUT2D eigenvalue weighted by molar-refractivity contribution is 0.137. The third kappa shape index (κ3) is 7.49. The maximum Gasteiger partial charge on any atom is 0.453 e. The Kier molecular flexibility index (Phi) is 8.79. The molecule has 0 saturated carbocycles. The van der Waals surface area contributed by atoms with Crippen molar-refractivity contribution in [3.05, 3.63) is 132 Å². The van der Waals surface area contributed by atoms with Gasteiger partial charge in [-0.2, -0.15) is 0 Å². The number of carbonyl (C=O) groups is 1. The first-order valence-corrected chi connectivity index (χ1v) is 13.3. The maximum atomic E-state index is 14.4. The number of carbonyl (C=O) groups excluding carboxylic acids is 1. The highest BCUT2D eigenvalue weighted by molar-refractivity contribution is 7.55. The molecule has 184 valence electrons. The van der Waals surface area contributed by atoms with Crippen LogP contribution >= 0.6 is 7.60 Å². The molecular formula is C29H28NO5P. The molecule has 4 aromatic rings. The Morgan fingerprint density at radius 3 is 1.61 bits per heavy atom. The first-order chi connectivity index (χ1) is 17.6. The Bertz CT molecular complexity index is 1210. The molecule has 0 radical (unpaired) electrons. The lowest BCUT2D eigenvalue weighted by Gasteiger charge is -2.28. The van der Waals surface area contributed by atoms with E-state index >= 15 is 0 Å². The zero-order valence-corrected chi connectivity index (χ0v) is 20.6. The van der Waals surface area contributed by atoms with Crippen molar-refractivity contribution in [1.82, 2.24) is 5.32 Å². The number of benzene rings is 4. The Balaban J connectivity index is 1.58. The number of hydrogen-bond donors (Lipinski definition) is 1. The lowest BCUT2D eigenvalue weighted by atomic mass is 10.1. The lowest BCUT2D eigenvalue weighted by Crippen LogP contribution is -2.38. The van der Waals surface area contributed by atoms with E-state index in [1.54, 1.807) is 48.5 Å². The van der Waals surface area contributed by atoms with E-state index in [-0.39, 0.29) is 6.61 Å². The monoisotopic (exact) mass is 501 g/mol. The van der Waals surface area contributed by atoms with Crippen molar-refractivity contribution in [3.8, 4) is 11.5 Å². The summed E-state index contributed by atoms with van der Waals surface area (Å²) in [6, 6.07) is 36.7. The molecule has 4 aromatic carbocycles. The molecule has 0 heterocycles. The van der Waals surface area contributed by atoms with E-state index in [1.165, 1.54) is 0 Å². The first kappa shape index (κ1) is 25.1. The molecule has 6 nitrogen and oxygen atoms in total. The average Bonchev–Trinajstić information content (AvgIpc) is 2.92. The van der Waals surface area contributed by atoms with Gasteiger partial charge >= 0.3 is 13.7 Å². The van der Waals surface area contributed by atoms with Gasteiger partial charge < -0.3 is 19.1 Å². The predicted molar refractivity (Wildman–Crippen MR) is 140 cm³/mol. The summed E-state index contributed by atoms with van der Waals surface area (Å²) in [7, 11) is -3.97. The van der Waals surface area contributed by atoms with Crippen LogP contribution in [0.4, 0.5) is 4.79 Å². The zero-order chi connectivity index (χ0) is 25.1. The summed E-state index contributed by atoms with van der Waals surface area (Å²) in [5.41, 5.74) is 1.88. The molecule has 0 aromatic heterocycles. The van der Waals surface area contributed by atoms with E-state index < -0.39 is 19.5 Å². The molecule has 1 N–H and O–H groups in total. The summed E-state index contributed by atoms with van der Waals surface area (Å²) in [6.45, 7) is 0.0848. The van der Waals surface area contributed by atoms with Crippen LogP contribution in [0.5, 0.6) is 11.5 Å². The van der Waals surface area contributed by atoms with Gasteiger partial charge in [0, 0.05) is 0 Å². The maximum absolute atomic E-state index is 14.4. The van der Waals surface area contributed by atoms with E-state index in [9.17, 15) is 9.36 Å². The Morgan fingerprint density at radius 1 is 0.667 bits per heavy atom. The van der Waals surface area contributed by atoms with Gasteiger partial charge in [0.2, 0.25) is 0 Å². The molecule has 1 unspecified atom stereocenters. The van der Waals surface area contributed by atoms with Crippen molar-refractivity contribution >= 4 is 13.7 Å². The van der Waals surface area contributed by atoms with Gasteiger partial charge in [-0.3, -0.25) is 0 Å². The molecule has 0 aliphatic heterocycles. The second-order valence-corrected chi connectivity index (χ2v) is 10.2. The molecular weight excluding hydrogens is 473 g/mol. The van der Waals surface area contributed by atoms with Crippen molar-refractivity contribution < 1.29 is 23.1 Å². The number of rotatable bonds is 11. The molecule has 0 aliphatic carbocycles. The minimum atomic E-state index is -3.97. The van der Waals surface area contributed by atoms with Crippen LogP contribution in [0, 0.1) is 0 Å². The smallest absolute Gasteiger partial charge is 0.445 e. The van der Waals surface area contributed by atoms with Gasteiger partial charge in [0.25, 0.3) is 0 Å². The summed E-state index contributed by atoms with van der Waals surface area (Å²) in [6.07, 6.45) is 0.150. The second-order valence-electron chi connectivity index (χ2n) is 8.09. The number of para-hydroxylation sites is 2. The summed E-state index contributed by atoms with van der Waals surface area (Å²) in [5, 5.41) is 2.76. The zero-order valence-electron chi connectivity index (χ0n) is 19.7. The van der Waals surface area contributed by atoms with Gasteiger partial charge in [0.1, 0.15) is 18.1 Å². The fraction of sp³-hybridized carbons (Fsp3) is 0.138. The fourth-order valence-electron chi connectivity index (χ4n) is 3.56. The van der Waals surface area contributed by atoms with Crippen molar-refractivity contribution in [2.45, 2.75) is 25.2 Å². The van der Waals surface area contributed by atoms with Gasteiger partial charge in [0.05, 0.1) is 0 Å². The summed E-state index contributed by atoms with van der Waals surface area (Å²) in [5.74, 6) is -0.219. The SMILES string of the molecule is O=C(NC(CCc1ccccc1)P(=O)(Oc1ccccc1)Oc1ccccc1)OCc1ccccc1. The van der Waals surface area contributed by atoms with Gasteiger partial charge in [-0.05, 0) is 48.2 Å².